The van der Waals surface area contributed by atoms with Gasteiger partial charge in [-0.15, -0.1) is 0 Å². The molecule has 1 amide bonds. The molecule has 104 valence electrons. The summed E-state index contributed by atoms with van der Waals surface area (Å²) < 4.78 is 0.915. The van der Waals surface area contributed by atoms with Crippen molar-refractivity contribution in [1.29, 1.82) is 0 Å². The number of aromatic amines is 1. The summed E-state index contributed by atoms with van der Waals surface area (Å²) in [6, 6.07) is 5.46. The lowest BCUT2D eigenvalue weighted by Crippen LogP contribution is -2.17. The number of rotatable bonds is 4. The second kappa shape index (κ2) is 5.87. The summed E-state index contributed by atoms with van der Waals surface area (Å²) in [5.74, 6) is -1.78. The van der Waals surface area contributed by atoms with Crippen LogP contribution in [0.3, 0.4) is 0 Å². The van der Waals surface area contributed by atoms with Crippen LogP contribution in [0.2, 0.25) is 0 Å². The number of carboxylic acid groups (broad SMARTS) is 1. The van der Waals surface area contributed by atoms with Crippen molar-refractivity contribution in [3.63, 3.8) is 0 Å². The summed E-state index contributed by atoms with van der Waals surface area (Å²) >= 11 is 3.36. The topological polar surface area (TPSA) is 95.1 Å². The summed E-state index contributed by atoms with van der Waals surface area (Å²) in [6.07, 6.45) is 1.92. The number of aromatic carboxylic acids is 1. The van der Waals surface area contributed by atoms with Gasteiger partial charge in [-0.1, -0.05) is 22.9 Å². The third kappa shape index (κ3) is 2.88. The fourth-order valence-corrected chi connectivity index (χ4v) is 2.20. The Morgan fingerprint density at radius 2 is 2.20 bits per heavy atom. The summed E-state index contributed by atoms with van der Waals surface area (Å²) in [4.78, 5) is 29.2. The fourth-order valence-electron chi connectivity index (χ4n) is 1.79. The average Bonchev–Trinajstić information content (AvgIpc) is 2.90. The molecule has 2 rings (SSSR count). The second-order valence-electron chi connectivity index (χ2n) is 4.04. The van der Waals surface area contributed by atoms with Crippen LogP contribution >= 0.6 is 15.9 Å². The number of hydrogen-bond acceptors (Lipinski definition) is 3. The molecule has 20 heavy (non-hydrogen) atoms. The number of nitrogens with one attached hydrogen (secondary N) is 2. The van der Waals surface area contributed by atoms with Crippen LogP contribution < -0.4 is 5.32 Å². The highest BCUT2D eigenvalue weighted by Crippen LogP contribution is 2.22. The van der Waals surface area contributed by atoms with E-state index in [1.54, 1.807) is 12.1 Å². The predicted molar refractivity (Wildman–Crippen MR) is 77.0 cm³/mol. The van der Waals surface area contributed by atoms with Crippen LogP contribution in [-0.2, 0) is 6.42 Å². The Morgan fingerprint density at radius 3 is 2.85 bits per heavy atom. The third-order valence-corrected chi connectivity index (χ3v) is 3.26. The molecule has 0 unspecified atom stereocenters. The Morgan fingerprint density at radius 1 is 1.45 bits per heavy atom. The first-order valence-corrected chi connectivity index (χ1v) is 6.68. The van der Waals surface area contributed by atoms with Gasteiger partial charge in [0.25, 0.3) is 5.91 Å². The van der Waals surface area contributed by atoms with Crippen LogP contribution in [0.4, 0.5) is 5.69 Å². The van der Waals surface area contributed by atoms with Crippen molar-refractivity contribution in [3.8, 4) is 0 Å². The number of halogens is 1. The number of aryl methyl sites for hydroxylation is 1. The molecule has 3 N–H and O–H groups in total. The summed E-state index contributed by atoms with van der Waals surface area (Å²) in [7, 11) is 0. The standard InChI is InChI=1S/C13H12BrN3O3/c1-2-7-5-8(14)3-4-9(7)17-12(18)10-11(13(19)20)16-6-15-10/h3-6H,2H2,1H3,(H,15,16)(H,17,18)(H,19,20). The number of carbonyl (C=O) groups excluding carboxylic acids is 1. The van der Waals surface area contributed by atoms with E-state index in [4.69, 9.17) is 5.11 Å². The number of benzene rings is 1. The van der Waals surface area contributed by atoms with E-state index in [0.29, 0.717) is 5.69 Å². The molecule has 2 aromatic rings. The maximum atomic E-state index is 12.1. The Balaban J connectivity index is 2.28. The summed E-state index contributed by atoms with van der Waals surface area (Å²) in [5.41, 5.74) is 1.22. The van der Waals surface area contributed by atoms with Gasteiger partial charge in [-0.05, 0) is 30.2 Å². The quantitative estimate of drug-likeness (QED) is 0.799. The highest BCUT2D eigenvalue weighted by Gasteiger charge is 2.20. The monoisotopic (exact) mass is 337 g/mol. The maximum absolute atomic E-state index is 12.1. The zero-order valence-corrected chi connectivity index (χ0v) is 12.2. The molecule has 0 aliphatic heterocycles. The minimum atomic E-state index is -1.22. The van der Waals surface area contributed by atoms with Gasteiger partial charge in [-0.3, -0.25) is 4.79 Å². The lowest BCUT2D eigenvalue weighted by Gasteiger charge is -2.09. The zero-order chi connectivity index (χ0) is 14.7. The van der Waals surface area contributed by atoms with Crippen molar-refractivity contribution in [2.75, 3.05) is 5.32 Å². The van der Waals surface area contributed by atoms with Crippen molar-refractivity contribution in [2.45, 2.75) is 13.3 Å². The number of H-pyrrole nitrogens is 1. The minimum absolute atomic E-state index is 0.137. The van der Waals surface area contributed by atoms with Crippen LogP contribution in [0.25, 0.3) is 0 Å². The molecule has 0 fully saturated rings. The number of anilines is 1. The Labute approximate surface area is 123 Å². The molecule has 0 saturated heterocycles. The highest BCUT2D eigenvalue weighted by molar-refractivity contribution is 9.10. The van der Waals surface area contributed by atoms with Crippen molar-refractivity contribution < 1.29 is 14.7 Å². The zero-order valence-electron chi connectivity index (χ0n) is 10.6. The first-order valence-electron chi connectivity index (χ1n) is 5.89. The number of imidazole rings is 1. The van der Waals surface area contributed by atoms with Gasteiger partial charge >= 0.3 is 5.97 Å². The molecule has 7 heteroatoms. The maximum Gasteiger partial charge on any atom is 0.354 e. The molecule has 0 atom stereocenters. The van der Waals surface area contributed by atoms with E-state index in [1.165, 1.54) is 6.33 Å². The smallest absolute Gasteiger partial charge is 0.354 e. The number of carbonyl (C=O) groups is 2. The van der Waals surface area contributed by atoms with E-state index < -0.39 is 11.9 Å². The van der Waals surface area contributed by atoms with Crippen molar-refractivity contribution in [2.24, 2.45) is 0 Å². The van der Waals surface area contributed by atoms with Crippen LogP contribution in [0.5, 0.6) is 0 Å². The van der Waals surface area contributed by atoms with E-state index in [9.17, 15) is 9.59 Å². The van der Waals surface area contributed by atoms with Crippen molar-refractivity contribution in [1.82, 2.24) is 9.97 Å². The highest BCUT2D eigenvalue weighted by atomic mass is 79.9. The molecule has 0 radical (unpaired) electrons. The van der Waals surface area contributed by atoms with Gasteiger partial charge in [-0.2, -0.15) is 0 Å². The van der Waals surface area contributed by atoms with Crippen LogP contribution in [0, 0.1) is 0 Å². The first-order chi connectivity index (χ1) is 9.52. The molecule has 0 aliphatic rings. The van der Waals surface area contributed by atoms with E-state index in [2.05, 4.69) is 31.2 Å². The molecule has 0 saturated carbocycles. The largest absolute Gasteiger partial charge is 0.477 e. The van der Waals surface area contributed by atoms with Crippen LogP contribution in [-0.4, -0.2) is 27.0 Å². The van der Waals surface area contributed by atoms with Crippen LogP contribution in [0.1, 0.15) is 33.5 Å². The predicted octanol–water partition coefficient (Wildman–Crippen LogP) is 2.69. The van der Waals surface area contributed by atoms with E-state index >= 15 is 0 Å². The normalized spacial score (nSPS) is 10.3. The van der Waals surface area contributed by atoms with Gasteiger partial charge in [-0.25, -0.2) is 9.78 Å². The number of amides is 1. The second-order valence-corrected chi connectivity index (χ2v) is 4.96. The van der Waals surface area contributed by atoms with E-state index in [0.717, 1.165) is 16.5 Å². The van der Waals surface area contributed by atoms with E-state index in [-0.39, 0.29) is 11.4 Å². The molecule has 1 aromatic carbocycles. The van der Waals surface area contributed by atoms with E-state index in [1.807, 2.05) is 13.0 Å². The van der Waals surface area contributed by atoms with Crippen molar-refractivity contribution >= 4 is 33.5 Å². The van der Waals surface area contributed by atoms with Gasteiger partial charge in [0.05, 0.1) is 6.33 Å². The van der Waals surface area contributed by atoms with Gasteiger partial charge in [0, 0.05) is 10.2 Å². The SMILES string of the molecule is CCc1cc(Br)ccc1NC(=O)c1nc[nH]c1C(=O)O. The third-order valence-electron chi connectivity index (χ3n) is 2.76. The molecular formula is C13H12BrN3O3. The average molecular weight is 338 g/mol. The minimum Gasteiger partial charge on any atom is -0.477 e. The lowest BCUT2D eigenvalue weighted by atomic mass is 10.1. The Hall–Kier alpha value is -2.15. The molecule has 6 nitrogen and oxygen atoms in total. The summed E-state index contributed by atoms with van der Waals surface area (Å²) in [5, 5.41) is 11.6. The molecule has 0 spiro atoms. The van der Waals surface area contributed by atoms with Gasteiger partial charge in [0.15, 0.2) is 11.4 Å². The number of carboxylic acids is 1. The molecular weight excluding hydrogens is 326 g/mol. The molecule has 1 heterocycles. The lowest BCUT2D eigenvalue weighted by molar-refractivity contribution is 0.0686. The number of nitrogens with zero attached hydrogens (tertiary/aromatic N) is 1. The number of hydrogen-bond donors (Lipinski definition) is 3. The molecule has 1 aromatic heterocycles. The molecule has 0 bridgehead atoms. The first kappa shape index (κ1) is 14.3. The van der Waals surface area contributed by atoms with Gasteiger partial charge in [0.2, 0.25) is 0 Å². The Bertz CT molecular complexity index is 667. The van der Waals surface area contributed by atoms with Gasteiger partial charge < -0.3 is 15.4 Å². The Kier molecular flexibility index (Phi) is 4.19. The van der Waals surface area contributed by atoms with Crippen LogP contribution in [0.15, 0.2) is 29.0 Å². The fraction of sp³-hybridized carbons (Fsp3) is 0.154. The molecule has 0 aliphatic carbocycles. The summed E-state index contributed by atoms with van der Waals surface area (Å²) in [6.45, 7) is 1.97. The number of aromatic nitrogens is 2. The van der Waals surface area contributed by atoms with Crippen molar-refractivity contribution in [3.05, 3.63) is 46.0 Å². The van der Waals surface area contributed by atoms with Gasteiger partial charge in [0.1, 0.15) is 0 Å².